The van der Waals surface area contributed by atoms with Gasteiger partial charge in [-0.3, -0.25) is 0 Å². The molecule has 0 unspecified atom stereocenters. The van der Waals surface area contributed by atoms with Crippen LogP contribution in [0.15, 0.2) is 121 Å². The molecular weight excluding hydrogens is 516 g/mol. The molecule has 0 heterocycles. The maximum absolute atomic E-state index is 11.4. The van der Waals surface area contributed by atoms with Gasteiger partial charge in [0, 0.05) is 5.92 Å². The molecule has 5 rings (SSSR count). The summed E-state index contributed by atoms with van der Waals surface area (Å²) in [5.41, 5.74) is 3.99. The van der Waals surface area contributed by atoms with Crippen LogP contribution in [0, 0.1) is 5.92 Å². The van der Waals surface area contributed by atoms with E-state index in [9.17, 15) is 10.2 Å². The van der Waals surface area contributed by atoms with Gasteiger partial charge in [0.05, 0.1) is 45.2 Å². The Labute approximate surface area is 242 Å². The van der Waals surface area contributed by atoms with Crippen molar-refractivity contribution < 1.29 is 29.2 Å². The van der Waals surface area contributed by atoms with E-state index in [0.29, 0.717) is 19.8 Å². The van der Waals surface area contributed by atoms with E-state index in [-0.39, 0.29) is 13.2 Å². The fourth-order valence-electron chi connectivity index (χ4n) is 5.25. The zero-order valence-corrected chi connectivity index (χ0v) is 23.1. The van der Waals surface area contributed by atoms with Gasteiger partial charge in [0.25, 0.3) is 0 Å². The molecule has 6 atom stereocenters. The molecule has 1 aliphatic rings. The van der Waals surface area contributed by atoms with Crippen molar-refractivity contribution >= 4 is 0 Å². The standard InChI is InChI=1S/C35H38O6/c36-31-30(25-38-21-26-13-5-1-6-14-26)33(39-22-27-15-7-2-8-16-27)35(41-24-29-19-11-4-12-20-29)34(32(31)37)40-23-28-17-9-3-10-18-28/h1-20,30-37H,21-25H2/t30-,31+,32+,33-,34-,35-/m0/s1. The average molecular weight is 555 g/mol. The molecule has 4 aromatic rings. The Bertz CT molecular complexity index is 1270. The number of benzene rings is 4. The molecule has 0 aliphatic heterocycles. The fourth-order valence-corrected chi connectivity index (χ4v) is 5.25. The third kappa shape index (κ3) is 8.11. The highest BCUT2D eigenvalue weighted by molar-refractivity contribution is 5.17. The first-order chi connectivity index (χ1) is 20.2. The van der Waals surface area contributed by atoms with E-state index in [0.717, 1.165) is 22.3 Å². The topological polar surface area (TPSA) is 77.4 Å². The molecule has 6 heteroatoms. The van der Waals surface area contributed by atoms with Gasteiger partial charge in [0.15, 0.2) is 0 Å². The first-order valence-corrected chi connectivity index (χ1v) is 14.1. The lowest BCUT2D eigenvalue weighted by atomic mass is 9.78. The molecule has 1 aliphatic carbocycles. The van der Waals surface area contributed by atoms with Crippen molar-refractivity contribution in [3.05, 3.63) is 144 Å². The van der Waals surface area contributed by atoms with Crippen LogP contribution in [0.5, 0.6) is 0 Å². The minimum atomic E-state index is -1.19. The Morgan fingerprint density at radius 2 is 0.780 bits per heavy atom. The zero-order chi connectivity index (χ0) is 28.3. The highest BCUT2D eigenvalue weighted by Gasteiger charge is 2.52. The van der Waals surface area contributed by atoms with E-state index >= 15 is 0 Å². The molecule has 1 saturated carbocycles. The summed E-state index contributed by atoms with van der Waals surface area (Å²) < 4.78 is 25.4. The molecule has 4 aromatic carbocycles. The molecule has 6 nitrogen and oxygen atoms in total. The predicted octanol–water partition coefficient (Wildman–Crippen LogP) is 5.31. The molecule has 41 heavy (non-hydrogen) atoms. The van der Waals surface area contributed by atoms with Gasteiger partial charge in [0.2, 0.25) is 0 Å². The summed E-state index contributed by atoms with van der Waals surface area (Å²) in [6.45, 7) is 1.46. The van der Waals surface area contributed by atoms with E-state index in [1.54, 1.807) is 0 Å². The second-order valence-electron chi connectivity index (χ2n) is 10.4. The van der Waals surface area contributed by atoms with Crippen molar-refractivity contribution in [2.75, 3.05) is 6.61 Å². The van der Waals surface area contributed by atoms with Gasteiger partial charge in [-0.05, 0) is 22.3 Å². The lowest BCUT2D eigenvalue weighted by molar-refractivity contribution is -0.255. The van der Waals surface area contributed by atoms with Gasteiger partial charge in [0.1, 0.15) is 18.3 Å². The molecule has 1 fully saturated rings. The van der Waals surface area contributed by atoms with Crippen molar-refractivity contribution in [1.82, 2.24) is 0 Å². The fraction of sp³-hybridized carbons (Fsp3) is 0.314. The van der Waals surface area contributed by atoms with E-state index in [2.05, 4.69) is 0 Å². The molecule has 0 amide bonds. The van der Waals surface area contributed by atoms with Crippen LogP contribution in [0.2, 0.25) is 0 Å². The van der Waals surface area contributed by atoms with Crippen molar-refractivity contribution in [3.8, 4) is 0 Å². The third-order valence-corrected chi connectivity index (χ3v) is 7.47. The van der Waals surface area contributed by atoms with Crippen LogP contribution in [0.3, 0.4) is 0 Å². The number of hydrogen-bond donors (Lipinski definition) is 2. The minimum absolute atomic E-state index is 0.184. The number of rotatable bonds is 13. The van der Waals surface area contributed by atoms with Crippen LogP contribution in [0.1, 0.15) is 22.3 Å². The van der Waals surface area contributed by atoms with E-state index in [1.165, 1.54) is 0 Å². The molecule has 0 aromatic heterocycles. The summed E-state index contributed by atoms with van der Waals surface area (Å²) in [4.78, 5) is 0. The van der Waals surface area contributed by atoms with Crippen LogP contribution >= 0.6 is 0 Å². The Kier molecular flexibility index (Phi) is 10.7. The van der Waals surface area contributed by atoms with Crippen LogP contribution in [0.4, 0.5) is 0 Å². The first-order valence-electron chi connectivity index (χ1n) is 14.1. The molecule has 0 bridgehead atoms. The van der Waals surface area contributed by atoms with Crippen LogP contribution in [-0.4, -0.2) is 47.3 Å². The lowest BCUT2D eigenvalue weighted by Crippen LogP contribution is -2.64. The first kappa shape index (κ1) is 29.1. The monoisotopic (exact) mass is 554 g/mol. The number of ether oxygens (including phenoxy) is 4. The summed E-state index contributed by atoms with van der Waals surface area (Å²) >= 11 is 0. The van der Waals surface area contributed by atoms with Crippen LogP contribution in [0.25, 0.3) is 0 Å². The minimum Gasteiger partial charge on any atom is -0.390 e. The predicted molar refractivity (Wildman–Crippen MR) is 157 cm³/mol. The maximum Gasteiger partial charge on any atom is 0.115 e. The van der Waals surface area contributed by atoms with Gasteiger partial charge >= 0.3 is 0 Å². The molecule has 214 valence electrons. The molecule has 0 spiro atoms. The van der Waals surface area contributed by atoms with Crippen LogP contribution < -0.4 is 0 Å². The van der Waals surface area contributed by atoms with Gasteiger partial charge in [-0.1, -0.05) is 121 Å². The highest BCUT2D eigenvalue weighted by Crippen LogP contribution is 2.34. The summed E-state index contributed by atoms with van der Waals surface area (Å²) in [6, 6.07) is 39.4. The van der Waals surface area contributed by atoms with Gasteiger partial charge in [-0.15, -0.1) is 0 Å². The van der Waals surface area contributed by atoms with E-state index < -0.39 is 36.4 Å². The van der Waals surface area contributed by atoms with Crippen molar-refractivity contribution in [3.63, 3.8) is 0 Å². The summed E-state index contributed by atoms with van der Waals surface area (Å²) in [5.74, 6) is -0.547. The van der Waals surface area contributed by atoms with Crippen LogP contribution in [-0.2, 0) is 45.4 Å². The van der Waals surface area contributed by atoms with Gasteiger partial charge in [-0.25, -0.2) is 0 Å². The van der Waals surface area contributed by atoms with Crippen molar-refractivity contribution in [2.24, 2.45) is 5.92 Å². The quantitative estimate of drug-likeness (QED) is 0.233. The molecule has 0 saturated heterocycles. The molecular formula is C35H38O6. The lowest BCUT2D eigenvalue weighted by Gasteiger charge is -2.47. The van der Waals surface area contributed by atoms with Gasteiger partial charge in [-0.2, -0.15) is 0 Å². The molecule has 2 N–H and O–H groups in total. The van der Waals surface area contributed by atoms with Gasteiger partial charge < -0.3 is 29.2 Å². The number of hydrogen-bond acceptors (Lipinski definition) is 6. The largest absolute Gasteiger partial charge is 0.390 e. The smallest absolute Gasteiger partial charge is 0.115 e. The Balaban J connectivity index is 1.39. The molecule has 0 radical (unpaired) electrons. The second-order valence-corrected chi connectivity index (χ2v) is 10.4. The highest BCUT2D eigenvalue weighted by atomic mass is 16.6. The summed E-state index contributed by atoms with van der Waals surface area (Å²) in [7, 11) is 0. The van der Waals surface area contributed by atoms with E-state index in [1.807, 2.05) is 121 Å². The normalized spacial score (nSPS) is 24.2. The summed E-state index contributed by atoms with van der Waals surface area (Å²) in [5, 5.41) is 22.8. The number of aliphatic hydroxyl groups excluding tert-OH is 2. The third-order valence-electron chi connectivity index (χ3n) is 7.47. The van der Waals surface area contributed by atoms with Crippen molar-refractivity contribution in [1.29, 1.82) is 0 Å². The maximum atomic E-state index is 11.4. The van der Waals surface area contributed by atoms with Crippen molar-refractivity contribution in [2.45, 2.75) is 56.9 Å². The Morgan fingerprint density at radius 3 is 1.22 bits per heavy atom. The average Bonchev–Trinajstić information content (AvgIpc) is 3.03. The Morgan fingerprint density at radius 1 is 0.415 bits per heavy atom. The number of aliphatic hydroxyl groups is 2. The van der Waals surface area contributed by atoms with E-state index in [4.69, 9.17) is 18.9 Å². The SMILES string of the molecule is O[C@@H]1[C@H](O)[C@H](COCc2ccccc2)[C@H](OCc2ccccc2)[C@H](OCc2ccccc2)[C@H]1OCc1ccccc1. The second kappa shape index (κ2) is 15.0. The zero-order valence-electron chi connectivity index (χ0n) is 23.1. The Hall–Kier alpha value is -3.36. The summed E-state index contributed by atoms with van der Waals surface area (Å²) in [6.07, 6.45) is -4.41.